The molecule has 1 rings (SSSR count). The number of nitrogens with one attached hydrogen (secondary N) is 1. The lowest BCUT2D eigenvalue weighted by atomic mass is 9.78. The summed E-state index contributed by atoms with van der Waals surface area (Å²) in [6.07, 6.45) is 0.990. The molecule has 0 aliphatic carbocycles. The summed E-state index contributed by atoms with van der Waals surface area (Å²) in [4.78, 5) is 11.2. The van der Waals surface area contributed by atoms with Crippen molar-refractivity contribution in [2.45, 2.75) is 27.2 Å². The van der Waals surface area contributed by atoms with Crippen LogP contribution in [0.25, 0.3) is 0 Å². The number of carbonyl (C=O) groups excluding carboxylic acids is 1. The molecule has 0 unspecified atom stereocenters. The van der Waals surface area contributed by atoms with E-state index in [1.54, 1.807) is 0 Å². The van der Waals surface area contributed by atoms with Gasteiger partial charge in [0.25, 0.3) is 0 Å². The highest BCUT2D eigenvalue weighted by Crippen LogP contribution is 2.33. The van der Waals surface area contributed by atoms with Gasteiger partial charge in [0.2, 0.25) is 5.91 Å². The van der Waals surface area contributed by atoms with Crippen LogP contribution in [0.2, 0.25) is 0 Å². The van der Waals surface area contributed by atoms with Crippen LogP contribution in [0, 0.1) is 11.3 Å². The van der Waals surface area contributed by atoms with Crippen molar-refractivity contribution in [3.63, 3.8) is 0 Å². The fourth-order valence-electron chi connectivity index (χ4n) is 1.30. The number of rotatable bonds is 1. The van der Waals surface area contributed by atoms with Crippen LogP contribution in [0.4, 0.5) is 0 Å². The highest BCUT2D eigenvalue weighted by Gasteiger charge is 2.39. The van der Waals surface area contributed by atoms with Gasteiger partial charge in [0.1, 0.15) is 0 Å². The smallest absolute Gasteiger partial charge is 0.226 e. The summed E-state index contributed by atoms with van der Waals surface area (Å²) in [5.41, 5.74) is -0.0972. The Labute approximate surface area is 62.0 Å². The molecule has 1 N–H and O–H groups in total. The highest BCUT2D eigenvalue weighted by molar-refractivity contribution is 5.84. The topological polar surface area (TPSA) is 29.1 Å². The van der Waals surface area contributed by atoms with Crippen LogP contribution in [0.3, 0.4) is 0 Å². The maximum atomic E-state index is 11.2. The van der Waals surface area contributed by atoms with Gasteiger partial charge in [-0.1, -0.05) is 20.8 Å². The first-order valence-corrected chi connectivity index (χ1v) is 3.85. The molecule has 10 heavy (non-hydrogen) atoms. The molecule has 1 amide bonds. The first kappa shape index (κ1) is 7.58. The van der Waals surface area contributed by atoms with Gasteiger partial charge in [-0.25, -0.2) is 0 Å². The second-order valence-electron chi connectivity index (χ2n) is 3.58. The Kier molecular flexibility index (Phi) is 1.71. The third-order valence-corrected chi connectivity index (χ3v) is 2.72. The van der Waals surface area contributed by atoms with Crippen LogP contribution in [-0.2, 0) is 4.79 Å². The van der Waals surface area contributed by atoms with Crippen LogP contribution >= 0.6 is 0 Å². The summed E-state index contributed by atoms with van der Waals surface area (Å²) in [6.45, 7) is 7.10. The molecule has 0 aromatic rings. The Hall–Kier alpha value is -0.530. The number of hydrogen-bond acceptors (Lipinski definition) is 1. The van der Waals surface area contributed by atoms with E-state index in [0.29, 0.717) is 5.92 Å². The molecular weight excluding hydrogens is 126 g/mol. The normalized spacial score (nSPS) is 33.0. The number of hydrogen-bond donors (Lipinski definition) is 1. The summed E-state index contributed by atoms with van der Waals surface area (Å²) >= 11 is 0. The second kappa shape index (κ2) is 2.26. The van der Waals surface area contributed by atoms with E-state index in [1.807, 2.05) is 6.92 Å². The van der Waals surface area contributed by atoms with Crippen LogP contribution in [0.5, 0.6) is 0 Å². The minimum atomic E-state index is -0.0972. The third kappa shape index (κ3) is 0.917. The molecule has 2 heteroatoms. The van der Waals surface area contributed by atoms with Crippen LogP contribution in [0.1, 0.15) is 27.2 Å². The van der Waals surface area contributed by atoms with Gasteiger partial charge in [-0.05, 0) is 12.3 Å². The lowest BCUT2D eigenvalue weighted by Crippen LogP contribution is -2.32. The van der Waals surface area contributed by atoms with Crippen molar-refractivity contribution in [3.05, 3.63) is 0 Å². The first-order chi connectivity index (χ1) is 4.57. The monoisotopic (exact) mass is 141 g/mol. The quantitative estimate of drug-likeness (QED) is 0.583. The lowest BCUT2D eigenvalue weighted by molar-refractivity contribution is -0.128. The van der Waals surface area contributed by atoms with Gasteiger partial charge in [0.05, 0.1) is 5.41 Å². The standard InChI is InChI=1S/C8H15NO/c1-6(2)8(3)4-5-9-7(8)10/h6H,4-5H2,1-3H3,(H,9,10)/t8-/m1/s1. The molecule has 1 aliphatic heterocycles. The van der Waals surface area contributed by atoms with E-state index in [9.17, 15) is 4.79 Å². The molecule has 1 fully saturated rings. The Bertz CT molecular complexity index is 153. The van der Waals surface area contributed by atoms with Gasteiger partial charge in [0, 0.05) is 6.54 Å². The lowest BCUT2D eigenvalue weighted by Gasteiger charge is -2.24. The SMILES string of the molecule is CC(C)[C@@]1(C)CCNC1=O. The fraction of sp³-hybridized carbons (Fsp3) is 0.875. The third-order valence-electron chi connectivity index (χ3n) is 2.72. The fourth-order valence-corrected chi connectivity index (χ4v) is 1.30. The van der Waals surface area contributed by atoms with Crippen molar-refractivity contribution in [1.29, 1.82) is 0 Å². The van der Waals surface area contributed by atoms with Crippen LogP contribution < -0.4 is 5.32 Å². The molecule has 0 aromatic carbocycles. The highest BCUT2D eigenvalue weighted by atomic mass is 16.2. The Balaban J connectivity index is 2.75. The van der Waals surface area contributed by atoms with Crippen molar-refractivity contribution in [2.24, 2.45) is 11.3 Å². The molecule has 1 heterocycles. The molecule has 0 aromatic heterocycles. The largest absolute Gasteiger partial charge is 0.356 e. The maximum Gasteiger partial charge on any atom is 0.226 e. The molecule has 0 saturated carbocycles. The molecule has 58 valence electrons. The first-order valence-electron chi connectivity index (χ1n) is 3.85. The average Bonchev–Trinajstić information content (AvgIpc) is 2.15. The molecule has 1 atom stereocenters. The van der Waals surface area contributed by atoms with Crippen molar-refractivity contribution in [3.8, 4) is 0 Å². The molecule has 1 saturated heterocycles. The minimum absolute atomic E-state index is 0.0972. The van der Waals surface area contributed by atoms with Gasteiger partial charge in [-0.15, -0.1) is 0 Å². The Morgan fingerprint density at radius 1 is 1.60 bits per heavy atom. The second-order valence-corrected chi connectivity index (χ2v) is 3.58. The van der Waals surface area contributed by atoms with Crippen molar-refractivity contribution in [1.82, 2.24) is 5.32 Å². The van der Waals surface area contributed by atoms with Gasteiger partial charge in [-0.3, -0.25) is 4.79 Å². The zero-order chi connectivity index (χ0) is 7.78. The molecule has 2 nitrogen and oxygen atoms in total. The summed E-state index contributed by atoms with van der Waals surface area (Å²) in [5, 5.41) is 2.85. The summed E-state index contributed by atoms with van der Waals surface area (Å²) in [7, 11) is 0. The summed E-state index contributed by atoms with van der Waals surface area (Å²) in [5.74, 6) is 0.678. The summed E-state index contributed by atoms with van der Waals surface area (Å²) in [6, 6.07) is 0. The zero-order valence-electron chi connectivity index (χ0n) is 6.90. The Morgan fingerprint density at radius 2 is 2.20 bits per heavy atom. The van der Waals surface area contributed by atoms with E-state index in [1.165, 1.54) is 0 Å². The number of amides is 1. The predicted molar refractivity (Wildman–Crippen MR) is 40.6 cm³/mol. The van der Waals surface area contributed by atoms with E-state index in [0.717, 1.165) is 13.0 Å². The van der Waals surface area contributed by atoms with E-state index in [4.69, 9.17) is 0 Å². The Morgan fingerprint density at radius 3 is 2.40 bits per heavy atom. The summed E-state index contributed by atoms with van der Waals surface area (Å²) < 4.78 is 0. The average molecular weight is 141 g/mol. The van der Waals surface area contributed by atoms with Crippen molar-refractivity contribution < 1.29 is 4.79 Å². The van der Waals surface area contributed by atoms with E-state index >= 15 is 0 Å². The molecule has 1 aliphatic rings. The van der Waals surface area contributed by atoms with Crippen LogP contribution in [0.15, 0.2) is 0 Å². The zero-order valence-corrected chi connectivity index (χ0v) is 6.90. The molecule has 0 spiro atoms. The van der Waals surface area contributed by atoms with Crippen molar-refractivity contribution >= 4 is 5.91 Å². The van der Waals surface area contributed by atoms with Gasteiger partial charge in [0.15, 0.2) is 0 Å². The molecular formula is C8H15NO. The van der Waals surface area contributed by atoms with Gasteiger partial charge >= 0.3 is 0 Å². The predicted octanol–water partition coefficient (Wildman–Crippen LogP) is 1.17. The van der Waals surface area contributed by atoms with E-state index < -0.39 is 0 Å². The van der Waals surface area contributed by atoms with Gasteiger partial charge < -0.3 is 5.32 Å². The minimum Gasteiger partial charge on any atom is -0.356 e. The van der Waals surface area contributed by atoms with E-state index in [2.05, 4.69) is 19.2 Å². The van der Waals surface area contributed by atoms with Crippen molar-refractivity contribution in [2.75, 3.05) is 6.54 Å². The molecule has 0 radical (unpaired) electrons. The molecule has 0 bridgehead atoms. The van der Waals surface area contributed by atoms with E-state index in [-0.39, 0.29) is 11.3 Å². The van der Waals surface area contributed by atoms with Crippen LogP contribution in [-0.4, -0.2) is 12.5 Å². The maximum absolute atomic E-state index is 11.2. The number of carbonyl (C=O) groups is 1. The van der Waals surface area contributed by atoms with Gasteiger partial charge in [-0.2, -0.15) is 0 Å².